The molecule has 0 saturated heterocycles. The highest BCUT2D eigenvalue weighted by Gasteiger charge is 2.18. The van der Waals surface area contributed by atoms with Gasteiger partial charge in [-0.2, -0.15) is 0 Å². The van der Waals surface area contributed by atoms with Crippen molar-refractivity contribution >= 4 is 29.0 Å². The lowest BCUT2D eigenvalue weighted by atomic mass is 10.1. The number of nitrogens with zero attached hydrogens (tertiary/aromatic N) is 1. The first-order valence-electron chi connectivity index (χ1n) is 8.28. The molecule has 3 amide bonds. The van der Waals surface area contributed by atoms with Gasteiger partial charge in [0.2, 0.25) is 11.8 Å². The van der Waals surface area contributed by atoms with E-state index in [1.165, 1.54) is 41.8 Å². The van der Waals surface area contributed by atoms with Crippen LogP contribution in [0.15, 0.2) is 60.1 Å². The largest absolute Gasteiger partial charge is 0.439 e. The van der Waals surface area contributed by atoms with Crippen molar-refractivity contribution in [1.82, 2.24) is 10.3 Å². The van der Waals surface area contributed by atoms with E-state index in [0.29, 0.717) is 17.3 Å². The van der Waals surface area contributed by atoms with Gasteiger partial charge in [0.15, 0.2) is 0 Å². The number of anilines is 1. The Labute approximate surface area is 164 Å². The third-order valence-electron chi connectivity index (χ3n) is 3.65. The van der Waals surface area contributed by atoms with Crippen LogP contribution in [-0.4, -0.2) is 16.9 Å². The molecule has 3 aromatic rings. The summed E-state index contributed by atoms with van der Waals surface area (Å²) in [5.41, 5.74) is 5.67. The van der Waals surface area contributed by atoms with Crippen molar-refractivity contribution in [2.24, 2.45) is 5.73 Å². The highest BCUT2D eigenvalue weighted by molar-refractivity contribution is 7.10. The summed E-state index contributed by atoms with van der Waals surface area (Å²) < 4.78 is 18.4. The number of nitrogens with one attached hydrogen (secondary N) is 2. The molecule has 2 aromatic heterocycles. The number of urea groups is 1. The van der Waals surface area contributed by atoms with Crippen LogP contribution in [0, 0.1) is 5.82 Å². The Hall–Kier alpha value is -3.46. The van der Waals surface area contributed by atoms with Crippen LogP contribution in [0.25, 0.3) is 0 Å². The molecule has 0 aliphatic carbocycles. The quantitative estimate of drug-likeness (QED) is 0.561. The van der Waals surface area contributed by atoms with E-state index in [1.54, 1.807) is 12.1 Å². The average Bonchev–Trinajstić information content (AvgIpc) is 3.19. The number of thiophene rings is 1. The van der Waals surface area contributed by atoms with E-state index in [-0.39, 0.29) is 18.1 Å². The number of rotatable bonds is 7. The summed E-state index contributed by atoms with van der Waals surface area (Å²) in [6, 6.07) is 11.2. The van der Waals surface area contributed by atoms with Crippen molar-refractivity contribution in [3.05, 3.63) is 70.8 Å². The Morgan fingerprint density at radius 1 is 1.18 bits per heavy atom. The smallest absolute Gasteiger partial charge is 0.312 e. The van der Waals surface area contributed by atoms with Gasteiger partial charge in [-0.15, -0.1) is 11.3 Å². The first kappa shape index (κ1) is 19.3. The van der Waals surface area contributed by atoms with Crippen LogP contribution < -0.4 is 21.1 Å². The Balaban J connectivity index is 1.58. The van der Waals surface area contributed by atoms with E-state index < -0.39 is 12.1 Å². The topological polar surface area (TPSA) is 106 Å². The molecule has 2 heterocycles. The number of ether oxygens (including phenoxy) is 1. The van der Waals surface area contributed by atoms with Crippen LogP contribution in [0.3, 0.4) is 0 Å². The molecular weight excluding hydrogens is 383 g/mol. The van der Waals surface area contributed by atoms with Crippen LogP contribution in [0.4, 0.5) is 14.9 Å². The molecule has 1 aromatic carbocycles. The van der Waals surface area contributed by atoms with Gasteiger partial charge in [0.25, 0.3) is 0 Å². The lowest BCUT2D eigenvalue weighted by Crippen LogP contribution is -2.34. The number of aromatic nitrogens is 1. The Morgan fingerprint density at radius 2 is 1.96 bits per heavy atom. The summed E-state index contributed by atoms with van der Waals surface area (Å²) >= 11 is 1.42. The number of carbonyl (C=O) groups excluding carboxylic acids is 2. The van der Waals surface area contributed by atoms with Crippen molar-refractivity contribution in [3.63, 3.8) is 0 Å². The van der Waals surface area contributed by atoms with Gasteiger partial charge in [-0.25, -0.2) is 14.2 Å². The number of amides is 3. The normalized spacial score (nSPS) is 11.5. The van der Waals surface area contributed by atoms with E-state index in [9.17, 15) is 14.0 Å². The SMILES string of the molecule is NC(=O)NC(CC(=O)Nc1ccc(Oc2ccc(F)cc2)nc1)c1cccs1. The van der Waals surface area contributed by atoms with Gasteiger partial charge in [0.05, 0.1) is 24.3 Å². The van der Waals surface area contributed by atoms with Crippen molar-refractivity contribution in [2.75, 3.05) is 5.32 Å². The van der Waals surface area contributed by atoms with Crippen molar-refractivity contribution in [2.45, 2.75) is 12.5 Å². The molecule has 0 saturated carbocycles. The minimum absolute atomic E-state index is 0.0251. The van der Waals surface area contributed by atoms with Crippen LogP contribution >= 0.6 is 11.3 Å². The molecule has 9 heteroatoms. The molecule has 0 aliphatic heterocycles. The number of hydrogen-bond donors (Lipinski definition) is 3. The van der Waals surface area contributed by atoms with E-state index in [0.717, 1.165) is 4.88 Å². The van der Waals surface area contributed by atoms with E-state index in [4.69, 9.17) is 10.5 Å². The molecule has 0 radical (unpaired) electrons. The molecule has 0 bridgehead atoms. The van der Waals surface area contributed by atoms with Crippen LogP contribution in [0.1, 0.15) is 17.3 Å². The first-order chi connectivity index (χ1) is 13.5. The summed E-state index contributed by atoms with van der Waals surface area (Å²) in [6.07, 6.45) is 1.47. The fourth-order valence-electron chi connectivity index (χ4n) is 2.42. The second-order valence-corrected chi connectivity index (χ2v) is 6.75. The molecular formula is C19H17FN4O3S. The monoisotopic (exact) mass is 400 g/mol. The standard InChI is InChI=1S/C19H17FN4O3S/c20-12-3-6-14(7-4-12)27-18-8-5-13(11-22-18)23-17(25)10-15(24-19(21)26)16-2-1-9-28-16/h1-9,11,15H,10H2,(H,23,25)(H3,21,24,26). The molecule has 1 unspecified atom stereocenters. The number of primary amides is 1. The van der Waals surface area contributed by atoms with Gasteiger partial charge < -0.3 is 21.1 Å². The molecule has 0 spiro atoms. The first-order valence-corrected chi connectivity index (χ1v) is 9.16. The Bertz CT molecular complexity index is 931. The summed E-state index contributed by atoms with van der Waals surface area (Å²) in [4.78, 5) is 28.4. The zero-order valence-corrected chi connectivity index (χ0v) is 15.4. The predicted octanol–water partition coefficient (Wildman–Crippen LogP) is 3.81. The van der Waals surface area contributed by atoms with Gasteiger partial charge in [0.1, 0.15) is 11.6 Å². The third kappa shape index (κ3) is 5.52. The molecule has 0 fully saturated rings. The number of nitrogens with two attached hydrogens (primary N) is 1. The number of benzene rings is 1. The third-order valence-corrected chi connectivity index (χ3v) is 4.63. The van der Waals surface area contributed by atoms with Gasteiger partial charge >= 0.3 is 6.03 Å². The number of hydrogen-bond acceptors (Lipinski definition) is 5. The molecule has 4 N–H and O–H groups in total. The van der Waals surface area contributed by atoms with Crippen molar-refractivity contribution in [1.29, 1.82) is 0 Å². The maximum atomic E-state index is 12.9. The molecule has 3 rings (SSSR count). The summed E-state index contributed by atoms with van der Waals surface area (Å²) in [5.74, 6) is 0.0877. The van der Waals surface area contributed by atoms with Crippen LogP contribution in [0.5, 0.6) is 11.6 Å². The molecule has 28 heavy (non-hydrogen) atoms. The summed E-state index contributed by atoms with van der Waals surface area (Å²) in [5, 5.41) is 7.13. The number of pyridine rings is 1. The Morgan fingerprint density at radius 3 is 2.57 bits per heavy atom. The van der Waals surface area contributed by atoms with Gasteiger partial charge in [-0.1, -0.05) is 6.07 Å². The highest BCUT2D eigenvalue weighted by atomic mass is 32.1. The van der Waals surface area contributed by atoms with Gasteiger partial charge in [-0.05, 0) is 41.8 Å². The average molecular weight is 400 g/mol. The lowest BCUT2D eigenvalue weighted by molar-refractivity contribution is -0.116. The molecule has 7 nitrogen and oxygen atoms in total. The lowest BCUT2D eigenvalue weighted by Gasteiger charge is -2.16. The number of carbonyl (C=O) groups is 2. The van der Waals surface area contributed by atoms with Crippen LogP contribution in [-0.2, 0) is 4.79 Å². The molecule has 1 atom stereocenters. The fraction of sp³-hybridized carbons (Fsp3) is 0.105. The maximum absolute atomic E-state index is 12.9. The maximum Gasteiger partial charge on any atom is 0.312 e. The van der Waals surface area contributed by atoms with Crippen molar-refractivity contribution in [3.8, 4) is 11.6 Å². The zero-order valence-electron chi connectivity index (χ0n) is 14.6. The second-order valence-electron chi connectivity index (χ2n) is 5.77. The fourth-order valence-corrected chi connectivity index (χ4v) is 3.20. The predicted molar refractivity (Wildman–Crippen MR) is 104 cm³/mol. The van der Waals surface area contributed by atoms with Gasteiger partial charge in [0, 0.05) is 10.9 Å². The van der Waals surface area contributed by atoms with Crippen molar-refractivity contribution < 1.29 is 18.7 Å². The minimum Gasteiger partial charge on any atom is -0.439 e. The number of halogens is 1. The van der Waals surface area contributed by atoms with Crippen LogP contribution in [0.2, 0.25) is 0 Å². The Kier molecular flexibility index (Phi) is 6.18. The summed E-state index contributed by atoms with van der Waals surface area (Å²) in [6.45, 7) is 0. The highest BCUT2D eigenvalue weighted by Crippen LogP contribution is 2.23. The molecule has 0 aliphatic rings. The second kappa shape index (κ2) is 8.96. The summed E-state index contributed by atoms with van der Waals surface area (Å²) in [7, 11) is 0. The van der Waals surface area contributed by atoms with E-state index in [1.807, 2.05) is 17.5 Å². The molecule has 144 valence electrons. The van der Waals surface area contributed by atoms with Gasteiger partial charge in [-0.3, -0.25) is 4.79 Å². The minimum atomic E-state index is -0.699. The van der Waals surface area contributed by atoms with E-state index in [2.05, 4.69) is 15.6 Å². The van der Waals surface area contributed by atoms with E-state index >= 15 is 0 Å². The zero-order chi connectivity index (χ0) is 19.9.